The van der Waals surface area contributed by atoms with Gasteiger partial charge in [0.2, 0.25) is 0 Å². The molecule has 1 fully saturated rings. The molecule has 0 unspecified atom stereocenters. The molecule has 0 aliphatic carbocycles. The van der Waals surface area contributed by atoms with Gasteiger partial charge in [-0.2, -0.15) is 0 Å². The minimum absolute atomic E-state index is 0.291. The van der Waals surface area contributed by atoms with E-state index in [1.807, 2.05) is 25.1 Å². The summed E-state index contributed by atoms with van der Waals surface area (Å²) in [5.74, 6) is 0.799. The molecule has 0 aromatic heterocycles. The van der Waals surface area contributed by atoms with Crippen LogP contribution in [0, 0.1) is 6.92 Å². The number of hydrogen-bond donors (Lipinski definition) is 1. The Morgan fingerprint density at radius 1 is 1.46 bits per heavy atom. The number of aryl methyl sites for hydroxylation is 1. The van der Waals surface area contributed by atoms with Gasteiger partial charge in [0.25, 0.3) is 0 Å². The molecule has 0 bridgehead atoms. The predicted octanol–water partition coefficient (Wildman–Crippen LogP) is 2.00. The fraction of sp³-hybridized carbons (Fsp3) is 0.400. The van der Waals surface area contributed by atoms with Crippen LogP contribution in [0.15, 0.2) is 18.2 Å². The summed E-state index contributed by atoms with van der Waals surface area (Å²) in [7, 11) is 0. The minimum Gasteiger partial charge on any atom is -0.486 e. The molecule has 1 N–H and O–H groups in total. The zero-order chi connectivity index (χ0) is 9.26. The summed E-state index contributed by atoms with van der Waals surface area (Å²) in [4.78, 5) is 0. The summed E-state index contributed by atoms with van der Waals surface area (Å²) >= 11 is 5.98. The van der Waals surface area contributed by atoms with Crippen LogP contribution >= 0.6 is 11.6 Å². The monoisotopic (exact) mass is 197 g/mol. The number of ether oxygens (including phenoxy) is 1. The van der Waals surface area contributed by atoms with Crippen LogP contribution in [-0.4, -0.2) is 19.2 Å². The van der Waals surface area contributed by atoms with Crippen molar-refractivity contribution in [1.82, 2.24) is 5.32 Å². The molecule has 3 heteroatoms. The third-order valence-electron chi connectivity index (χ3n) is 2.12. The van der Waals surface area contributed by atoms with Gasteiger partial charge in [0.1, 0.15) is 11.9 Å². The van der Waals surface area contributed by atoms with Gasteiger partial charge in [-0.25, -0.2) is 0 Å². The molecule has 1 aliphatic heterocycles. The standard InChI is InChI=1S/C10H12ClNO/c1-7-2-3-9(11)10(4-7)13-8-5-12-6-8/h2-4,8,12H,5-6H2,1H3. The molecular weight excluding hydrogens is 186 g/mol. The first kappa shape index (κ1) is 8.85. The number of rotatable bonds is 2. The van der Waals surface area contributed by atoms with Gasteiger partial charge in [-0.1, -0.05) is 17.7 Å². The molecule has 70 valence electrons. The average Bonchev–Trinajstić information content (AvgIpc) is 2.03. The van der Waals surface area contributed by atoms with Crippen molar-refractivity contribution in [2.24, 2.45) is 0 Å². The second-order valence-corrected chi connectivity index (χ2v) is 3.74. The van der Waals surface area contributed by atoms with Gasteiger partial charge in [0.05, 0.1) is 5.02 Å². The molecule has 2 rings (SSSR count). The van der Waals surface area contributed by atoms with Crippen LogP contribution in [0.1, 0.15) is 5.56 Å². The van der Waals surface area contributed by atoms with Crippen molar-refractivity contribution in [3.05, 3.63) is 28.8 Å². The van der Waals surface area contributed by atoms with E-state index in [1.165, 1.54) is 5.56 Å². The van der Waals surface area contributed by atoms with Crippen molar-refractivity contribution >= 4 is 11.6 Å². The lowest BCUT2D eigenvalue weighted by Gasteiger charge is -2.28. The topological polar surface area (TPSA) is 21.3 Å². The van der Waals surface area contributed by atoms with Crippen molar-refractivity contribution in [3.8, 4) is 5.75 Å². The normalized spacial score (nSPS) is 16.8. The van der Waals surface area contributed by atoms with E-state index in [0.29, 0.717) is 11.1 Å². The number of halogens is 1. The molecule has 0 radical (unpaired) electrons. The fourth-order valence-electron chi connectivity index (χ4n) is 1.23. The Morgan fingerprint density at radius 2 is 2.23 bits per heavy atom. The van der Waals surface area contributed by atoms with Gasteiger partial charge in [0.15, 0.2) is 0 Å². The molecule has 1 aromatic carbocycles. The molecule has 0 spiro atoms. The summed E-state index contributed by atoms with van der Waals surface area (Å²) in [5, 5.41) is 3.84. The van der Waals surface area contributed by atoms with E-state index in [2.05, 4.69) is 5.32 Å². The Morgan fingerprint density at radius 3 is 2.85 bits per heavy atom. The average molecular weight is 198 g/mol. The first-order valence-electron chi connectivity index (χ1n) is 4.39. The highest BCUT2D eigenvalue weighted by atomic mass is 35.5. The van der Waals surface area contributed by atoms with Gasteiger partial charge < -0.3 is 10.1 Å². The zero-order valence-corrected chi connectivity index (χ0v) is 8.27. The first-order chi connectivity index (χ1) is 6.25. The van der Waals surface area contributed by atoms with Crippen LogP contribution in [0.5, 0.6) is 5.75 Å². The Kier molecular flexibility index (Phi) is 2.42. The smallest absolute Gasteiger partial charge is 0.138 e. The third-order valence-corrected chi connectivity index (χ3v) is 2.44. The van der Waals surface area contributed by atoms with Gasteiger partial charge in [0, 0.05) is 13.1 Å². The van der Waals surface area contributed by atoms with E-state index in [0.717, 1.165) is 18.8 Å². The Bertz CT molecular complexity index is 310. The van der Waals surface area contributed by atoms with Gasteiger partial charge in [-0.15, -0.1) is 0 Å². The van der Waals surface area contributed by atoms with Crippen LogP contribution in [0.2, 0.25) is 5.02 Å². The fourth-order valence-corrected chi connectivity index (χ4v) is 1.39. The second kappa shape index (κ2) is 3.56. The second-order valence-electron chi connectivity index (χ2n) is 3.33. The summed E-state index contributed by atoms with van der Waals surface area (Å²) in [6, 6.07) is 5.83. The lowest BCUT2D eigenvalue weighted by Crippen LogP contribution is -2.50. The molecule has 13 heavy (non-hydrogen) atoms. The van der Waals surface area contributed by atoms with Crippen LogP contribution in [-0.2, 0) is 0 Å². The van der Waals surface area contributed by atoms with E-state index < -0.39 is 0 Å². The highest BCUT2D eigenvalue weighted by Crippen LogP contribution is 2.26. The lowest BCUT2D eigenvalue weighted by atomic mass is 10.2. The van der Waals surface area contributed by atoms with Crippen molar-refractivity contribution in [2.45, 2.75) is 13.0 Å². The summed E-state index contributed by atoms with van der Waals surface area (Å²) in [6.45, 7) is 3.87. The maximum absolute atomic E-state index is 5.98. The molecule has 0 saturated carbocycles. The molecule has 1 heterocycles. The summed E-state index contributed by atoms with van der Waals surface area (Å²) < 4.78 is 5.67. The number of benzene rings is 1. The predicted molar refractivity (Wildman–Crippen MR) is 53.5 cm³/mol. The number of hydrogen-bond acceptors (Lipinski definition) is 2. The minimum atomic E-state index is 0.291. The molecule has 0 amide bonds. The molecule has 0 atom stereocenters. The summed E-state index contributed by atoms with van der Waals surface area (Å²) in [5.41, 5.74) is 1.17. The van der Waals surface area contributed by atoms with Crippen LogP contribution < -0.4 is 10.1 Å². The molecule has 2 nitrogen and oxygen atoms in total. The first-order valence-corrected chi connectivity index (χ1v) is 4.77. The highest BCUT2D eigenvalue weighted by Gasteiger charge is 2.19. The molecule has 1 saturated heterocycles. The maximum Gasteiger partial charge on any atom is 0.138 e. The summed E-state index contributed by atoms with van der Waals surface area (Å²) in [6.07, 6.45) is 0.291. The molecular formula is C10H12ClNO. The van der Waals surface area contributed by atoms with Crippen LogP contribution in [0.25, 0.3) is 0 Å². The quantitative estimate of drug-likeness (QED) is 0.783. The third kappa shape index (κ3) is 1.95. The zero-order valence-electron chi connectivity index (χ0n) is 7.51. The van der Waals surface area contributed by atoms with Gasteiger partial charge in [-0.3, -0.25) is 0 Å². The SMILES string of the molecule is Cc1ccc(Cl)c(OC2CNC2)c1. The molecule has 1 aromatic rings. The largest absolute Gasteiger partial charge is 0.486 e. The maximum atomic E-state index is 5.98. The van der Waals surface area contributed by atoms with E-state index in [1.54, 1.807) is 0 Å². The highest BCUT2D eigenvalue weighted by molar-refractivity contribution is 6.32. The van der Waals surface area contributed by atoms with Crippen molar-refractivity contribution in [1.29, 1.82) is 0 Å². The van der Waals surface area contributed by atoms with E-state index >= 15 is 0 Å². The molecule has 1 aliphatic rings. The van der Waals surface area contributed by atoms with Gasteiger partial charge in [-0.05, 0) is 24.6 Å². The van der Waals surface area contributed by atoms with Crippen LogP contribution in [0.3, 0.4) is 0 Å². The van der Waals surface area contributed by atoms with Gasteiger partial charge >= 0.3 is 0 Å². The van der Waals surface area contributed by atoms with Crippen LogP contribution in [0.4, 0.5) is 0 Å². The number of nitrogens with one attached hydrogen (secondary N) is 1. The Balaban J connectivity index is 2.13. The van der Waals surface area contributed by atoms with E-state index in [-0.39, 0.29) is 0 Å². The lowest BCUT2D eigenvalue weighted by molar-refractivity contribution is 0.142. The van der Waals surface area contributed by atoms with Crippen molar-refractivity contribution in [3.63, 3.8) is 0 Å². The van der Waals surface area contributed by atoms with Crippen molar-refractivity contribution < 1.29 is 4.74 Å². The Labute approximate surface area is 82.9 Å². The van der Waals surface area contributed by atoms with E-state index in [9.17, 15) is 0 Å². The van der Waals surface area contributed by atoms with E-state index in [4.69, 9.17) is 16.3 Å². The Hall–Kier alpha value is -0.730. The van der Waals surface area contributed by atoms with Crippen molar-refractivity contribution in [2.75, 3.05) is 13.1 Å².